The van der Waals surface area contributed by atoms with E-state index in [1.54, 1.807) is 0 Å². The largest absolute Gasteiger partial charge is 0.392 e. The van der Waals surface area contributed by atoms with Gasteiger partial charge in [0.05, 0.1) is 12.1 Å². The molecule has 4 saturated heterocycles. The minimum atomic E-state index is -0.301. The van der Waals surface area contributed by atoms with Crippen LogP contribution in [0.5, 0.6) is 0 Å². The first-order chi connectivity index (χ1) is 11.6. The normalized spacial score (nSPS) is 59.3. The molecule has 2 aliphatic carbocycles. The van der Waals surface area contributed by atoms with Gasteiger partial charge in [0, 0.05) is 42.1 Å². The van der Waals surface area contributed by atoms with E-state index in [9.17, 15) is 10.2 Å². The summed E-state index contributed by atoms with van der Waals surface area (Å²) in [5.41, 5.74) is 2.87. The molecule has 7 aliphatic rings. The van der Waals surface area contributed by atoms with E-state index in [2.05, 4.69) is 35.9 Å². The topological polar surface area (TPSA) is 46.9 Å². The summed E-state index contributed by atoms with van der Waals surface area (Å²) in [6.07, 6.45) is 9.51. The van der Waals surface area contributed by atoms with Gasteiger partial charge in [-0.05, 0) is 49.7 Å². The Bertz CT molecular complexity index is 673. The third kappa shape index (κ3) is 1.24. The van der Waals surface area contributed by atoms with Crippen LogP contribution in [0.1, 0.15) is 39.0 Å². The number of aliphatic hydroxyl groups is 2. The molecule has 0 aromatic rings. The van der Waals surface area contributed by atoms with Crippen molar-refractivity contribution in [3.05, 3.63) is 23.4 Å². The molecule has 3 unspecified atom stereocenters. The van der Waals surface area contributed by atoms with Crippen molar-refractivity contribution in [2.75, 3.05) is 7.05 Å². The van der Waals surface area contributed by atoms with Gasteiger partial charge in [-0.25, -0.2) is 0 Å². The average Bonchev–Trinajstić information content (AvgIpc) is 2.97. The van der Waals surface area contributed by atoms with E-state index in [0.717, 1.165) is 32.1 Å². The standard InChI is InChI=1S/C20H28N2O2/c1-3-10-11-8-14-17-20(12-6-4-5-7-13(12)21(17)2)9-15(16(11)18(20)23)22(14)19(10)24/h5,7,10-11,14-19,23-24H,3-4,6,8-9H2,1-2H3/t10-,11-,14-,15?,16?,17-,18-,19+,20+/m0/s1. The zero-order chi connectivity index (χ0) is 16.4. The molecule has 5 bridgehead atoms. The third-order valence-corrected chi connectivity index (χ3v) is 8.76. The number of hydrogen-bond donors (Lipinski definition) is 2. The minimum Gasteiger partial charge on any atom is -0.392 e. The third-order valence-electron chi connectivity index (χ3n) is 8.76. The van der Waals surface area contributed by atoms with Crippen molar-refractivity contribution >= 4 is 0 Å². The molecule has 5 fully saturated rings. The fraction of sp³-hybridized carbons (Fsp3) is 0.800. The Morgan fingerprint density at radius 2 is 2.12 bits per heavy atom. The van der Waals surface area contributed by atoms with Crippen LogP contribution in [0.25, 0.3) is 0 Å². The van der Waals surface area contributed by atoms with Gasteiger partial charge >= 0.3 is 0 Å². The van der Waals surface area contributed by atoms with Crippen LogP contribution in [-0.4, -0.2) is 57.5 Å². The highest BCUT2D eigenvalue weighted by Crippen LogP contribution is 2.70. The van der Waals surface area contributed by atoms with E-state index in [0.29, 0.717) is 35.9 Å². The first-order valence-corrected chi connectivity index (χ1v) is 9.87. The molecule has 7 rings (SSSR count). The quantitative estimate of drug-likeness (QED) is 0.769. The summed E-state index contributed by atoms with van der Waals surface area (Å²) < 4.78 is 0. The Morgan fingerprint density at radius 1 is 1.29 bits per heavy atom. The van der Waals surface area contributed by atoms with Gasteiger partial charge in [0.25, 0.3) is 0 Å². The van der Waals surface area contributed by atoms with Crippen LogP contribution in [-0.2, 0) is 0 Å². The summed E-state index contributed by atoms with van der Waals surface area (Å²) in [6.45, 7) is 2.20. The van der Waals surface area contributed by atoms with Gasteiger partial charge in [-0.15, -0.1) is 0 Å². The molecule has 24 heavy (non-hydrogen) atoms. The summed E-state index contributed by atoms with van der Waals surface area (Å²) in [7, 11) is 2.22. The average molecular weight is 328 g/mol. The lowest BCUT2D eigenvalue weighted by molar-refractivity contribution is -0.218. The number of likely N-dealkylation sites (N-methyl/N-ethyl adjacent to an activating group) is 1. The van der Waals surface area contributed by atoms with Crippen LogP contribution in [0.15, 0.2) is 23.4 Å². The monoisotopic (exact) mass is 328 g/mol. The zero-order valence-electron chi connectivity index (χ0n) is 14.6. The molecule has 0 aromatic carbocycles. The lowest BCUT2D eigenvalue weighted by Crippen LogP contribution is -2.72. The number of aliphatic hydroxyl groups excluding tert-OH is 2. The Morgan fingerprint density at radius 3 is 2.92 bits per heavy atom. The van der Waals surface area contributed by atoms with Gasteiger partial charge in [0.2, 0.25) is 0 Å². The fourth-order valence-corrected chi connectivity index (χ4v) is 8.21. The molecule has 0 radical (unpaired) electrons. The lowest BCUT2D eigenvalue weighted by Gasteiger charge is -2.62. The van der Waals surface area contributed by atoms with Crippen molar-refractivity contribution in [2.24, 2.45) is 23.2 Å². The molecule has 130 valence electrons. The van der Waals surface area contributed by atoms with Crippen molar-refractivity contribution < 1.29 is 10.2 Å². The van der Waals surface area contributed by atoms with Crippen LogP contribution in [0.2, 0.25) is 0 Å². The second-order valence-electron chi connectivity index (χ2n) is 9.09. The van der Waals surface area contributed by atoms with Crippen LogP contribution in [0.4, 0.5) is 0 Å². The smallest absolute Gasteiger partial charge is 0.111 e. The van der Waals surface area contributed by atoms with Crippen molar-refractivity contribution in [2.45, 2.75) is 69.5 Å². The van der Waals surface area contributed by atoms with E-state index in [4.69, 9.17) is 0 Å². The summed E-state index contributed by atoms with van der Waals surface area (Å²) >= 11 is 0. The van der Waals surface area contributed by atoms with E-state index in [1.807, 2.05) is 0 Å². The Labute approximate surface area is 143 Å². The predicted octanol–water partition coefficient (Wildman–Crippen LogP) is 1.70. The van der Waals surface area contributed by atoms with Crippen LogP contribution < -0.4 is 0 Å². The second-order valence-corrected chi connectivity index (χ2v) is 9.09. The van der Waals surface area contributed by atoms with E-state index in [1.165, 1.54) is 11.3 Å². The van der Waals surface area contributed by atoms with Gasteiger partial charge < -0.3 is 15.1 Å². The summed E-state index contributed by atoms with van der Waals surface area (Å²) in [6, 6.07) is 1.15. The number of hydrogen-bond acceptors (Lipinski definition) is 4. The molecular weight excluding hydrogens is 300 g/mol. The second kappa shape index (κ2) is 4.28. The number of allylic oxidation sites excluding steroid dienone is 2. The molecular formula is C20H28N2O2. The van der Waals surface area contributed by atoms with Gasteiger partial charge in [-0.1, -0.05) is 13.0 Å². The first-order valence-electron chi connectivity index (χ1n) is 9.87. The molecule has 4 heteroatoms. The Hall–Kier alpha value is -0.840. The molecule has 1 saturated carbocycles. The maximum Gasteiger partial charge on any atom is 0.111 e. The summed E-state index contributed by atoms with van der Waals surface area (Å²) in [4.78, 5) is 4.91. The maximum atomic E-state index is 11.6. The Kier molecular flexibility index (Phi) is 2.56. The zero-order valence-corrected chi connectivity index (χ0v) is 14.6. The number of piperidine rings is 4. The first kappa shape index (κ1) is 14.3. The van der Waals surface area contributed by atoms with Crippen molar-refractivity contribution in [1.82, 2.24) is 9.80 Å². The molecule has 4 nitrogen and oxygen atoms in total. The fourth-order valence-electron chi connectivity index (χ4n) is 8.21. The van der Waals surface area contributed by atoms with Gasteiger partial charge in [-0.3, -0.25) is 4.90 Å². The van der Waals surface area contributed by atoms with Crippen LogP contribution in [0, 0.1) is 23.2 Å². The maximum absolute atomic E-state index is 11.6. The SMILES string of the molecule is CC[C@H]1[C@@H]2C[C@H]3[C@@H]4N(C)C5=C(CCC=C5)[C@]45CC(C2[C@@H]5O)N3[C@@H]1O. The van der Waals surface area contributed by atoms with Gasteiger partial charge in [-0.2, -0.15) is 0 Å². The van der Waals surface area contributed by atoms with Crippen LogP contribution in [0.3, 0.4) is 0 Å². The number of nitrogens with zero attached hydrogens (tertiary/aromatic N) is 2. The van der Waals surface area contributed by atoms with Gasteiger partial charge in [0.15, 0.2) is 0 Å². The van der Waals surface area contributed by atoms with E-state index < -0.39 is 0 Å². The number of fused-ring (bicyclic) bond motifs is 1. The molecule has 5 aliphatic heterocycles. The van der Waals surface area contributed by atoms with E-state index in [-0.39, 0.29) is 17.7 Å². The highest BCUT2D eigenvalue weighted by molar-refractivity contribution is 5.46. The molecule has 2 N–H and O–H groups in total. The highest BCUT2D eigenvalue weighted by atomic mass is 16.3. The highest BCUT2D eigenvalue weighted by Gasteiger charge is 2.76. The molecule has 0 amide bonds. The van der Waals surface area contributed by atoms with Crippen LogP contribution >= 0.6 is 0 Å². The summed E-state index contributed by atoms with van der Waals surface area (Å²) in [5.74, 6) is 1.21. The lowest BCUT2D eigenvalue weighted by atomic mass is 9.62. The molecule has 5 heterocycles. The number of rotatable bonds is 1. The van der Waals surface area contributed by atoms with Crippen molar-refractivity contribution in [3.63, 3.8) is 0 Å². The van der Waals surface area contributed by atoms with E-state index >= 15 is 0 Å². The minimum absolute atomic E-state index is 0.0392. The molecule has 0 aromatic heterocycles. The van der Waals surface area contributed by atoms with Crippen molar-refractivity contribution in [1.29, 1.82) is 0 Å². The molecule has 10 atom stereocenters. The van der Waals surface area contributed by atoms with Gasteiger partial charge in [0.1, 0.15) is 6.23 Å². The molecule has 1 spiro atoms. The predicted molar refractivity (Wildman–Crippen MR) is 90.8 cm³/mol. The summed E-state index contributed by atoms with van der Waals surface area (Å²) in [5, 5.41) is 22.7. The Balaban J connectivity index is 1.56. The van der Waals surface area contributed by atoms with Crippen molar-refractivity contribution in [3.8, 4) is 0 Å².